The van der Waals surface area contributed by atoms with Gasteiger partial charge < -0.3 is 14.2 Å². The molecule has 2 aromatic heterocycles. The highest BCUT2D eigenvalue weighted by molar-refractivity contribution is 5.88. The van der Waals surface area contributed by atoms with E-state index in [1.807, 2.05) is 17.3 Å². The van der Waals surface area contributed by atoms with E-state index in [1.165, 1.54) is 7.11 Å². The minimum absolute atomic E-state index is 0.122. The van der Waals surface area contributed by atoms with Crippen molar-refractivity contribution in [2.45, 2.75) is 26.4 Å². The standard InChI is InChI=1S/C16H25N7O2/c1-3-22-8-5-17-14(22)12-21-6-4-7-23(10-9-21)16(24)18-13-11-15(25-2)20-19-13/h5,8,11H,3-4,6-7,9-10,12H2,1-2H3,(H2,18,19,20,24). The van der Waals surface area contributed by atoms with E-state index >= 15 is 0 Å². The highest BCUT2D eigenvalue weighted by Crippen LogP contribution is 2.13. The summed E-state index contributed by atoms with van der Waals surface area (Å²) in [5.74, 6) is 2.06. The maximum atomic E-state index is 12.4. The molecule has 0 spiro atoms. The number of nitrogens with zero attached hydrogens (tertiary/aromatic N) is 5. The van der Waals surface area contributed by atoms with Crippen LogP contribution in [0.1, 0.15) is 19.2 Å². The van der Waals surface area contributed by atoms with Crippen LogP contribution in [0.2, 0.25) is 0 Å². The molecule has 0 saturated carbocycles. The molecule has 1 aliphatic rings. The van der Waals surface area contributed by atoms with Gasteiger partial charge >= 0.3 is 6.03 Å². The minimum Gasteiger partial charge on any atom is -0.480 e. The van der Waals surface area contributed by atoms with Gasteiger partial charge in [-0.05, 0) is 13.3 Å². The normalized spacial score (nSPS) is 15.8. The van der Waals surface area contributed by atoms with Crippen molar-refractivity contribution >= 4 is 11.8 Å². The lowest BCUT2D eigenvalue weighted by atomic mass is 10.4. The highest BCUT2D eigenvalue weighted by Gasteiger charge is 2.20. The quantitative estimate of drug-likeness (QED) is 0.852. The van der Waals surface area contributed by atoms with Crippen LogP contribution in [0.25, 0.3) is 0 Å². The van der Waals surface area contributed by atoms with Crippen LogP contribution in [0, 0.1) is 0 Å². The number of H-pyrrole nitrogens is 1. The van der Waals surface area contributed by atoms with Gasteiger partial charge in [-0.3, -0.25) is 15.3 Å². The number of carbonyl (C=O) groups is 1. The lowest BCUT2D eigenvalue weighted by Crippen LogP contribution is -2.38. The Morgan fingerprint density at radius 3 is 3.00 bits per heavy atom. The number of anilines is 1. The van der Waals surface area contributed by atoms with Gasteiger partial charge in [-0.25, -0.2) is 9.78 Å². The van der Waals surface area contributed by atoms with Crippen molar-refractivity contribution in [2.75, 3.05) is 38.6 Å². The fraction of sp³-hybridized carbons (Fsp3) is 0.562. The molecular formula is C16H25N7O2. The molecule has 3 rings (SSSR count). The van der Waals surface area contributed by atoms with E-state index in [0.717, 1.165) is 45.0 Å². The first-order chi connectivity index (χ1) is 12.2. The molecule has 0 unspecified atom stereocenters. The van der Waals surface area contributed by atoms with Gasteiger partial charge in [0.15, 0.2) is 0 Å². The molecular weight excluding hydrogens is 322 g/mol. The SMILES string of the molecule is CCn1ccnc1CN1CCCN(C(=O)Nc2cc(OC)n[nH]2)CC1. The highest BCUT2D eigenvalue weighted by atomic mass is 16.5. The average molecular weight is 347 g/mol. The maximum Gasteiger partial charge on any atom is 0.323 e. The second kappa shape index (κ2) is 8.02. The Hall–Kier alpha value is -2.55. The lowest BCUT2D eigenvalue weighted by molar-refractivity contribution is 0.210. The van der Waals surface area contributed by atoms with Crippen molar-refractivity contribution in [1.29, 1.82) is 0 Å². The number of imidazole rings is 1. The number of aromatic nitrogens is 4. The van der Waals surface area contributed by atoms with Crippen molar-refractivity contribution < 1.29 is 9.53 Å². The molecule has 0 atom stereocenters. The Morgan fingerprint density at radius 2 is 2.24 bits per heavy atom. The molecule has 2 aromatic rings. The van der Waals surface area contributed by atoms with Gasteiger partial charge in [0.2, 0.25) is 5.88 Å². The zero-order valence-electron chi connectivity index (χ0n) is 14.7. The first-order valence-corrected chi connectivity index (χ1v) is 8.57. The van der Waals surface area contributed by atoms with Crippen molar-refractivity contribution in [2.24, 2.45) is 0 Å². The van der Waals surface area contributed by atoms with Crippen LogP contribution in [0.5, 0.6) is 5.88 Å². The number of rotatable bonds is 5. The molecule has 2 N–H and O–H groups in total. The predicted octanol–water partition coefficient (Wildman–Crippen LogP) is 1.37. The molecule has 136 valence electrons. The number of aromatic amines is 1. The molecule has 9 heteroatoms. The summed E-state index contributed by atoms with van der Waals surface area (Å²) < 4.78 is 7.16. The van der Waals surface area contributed by atoms with E-state index in [4.69, 9.17) is 4.74 Å². The maximum absolute atomic E-state index is 12.4. The number of amides is 2. The lowest BCUT2D eigenvalue weighted by Gasteiger charge is -2.22. The van der Waals surface area contributed by atoms with Crippen LogP contribution in [0.15, 0.2) is 18.5 Å². The number of hydrogen-bond acceptors (Lipinski definition) is 5. The molecule has 0 aromatic carbocycles. The first kappa shape index (κ1) is 17.3. The number of methoxy groups -OCH3 is 1. The van der Waals surface area contributed by atoms with Crippen molar-refractivity contribution in [3.05, 3.63) is 24.3 Å². The van der Waals surface area contributed by atoms with Gasteiger partial charge in [-0.1, -0.05) is 0 Å². The molecule has 9 nitrogen and oxygen atoms in total. The zero-order chi connectivity index (χ0) is 17.6. The minimum atomic E-state index is -0.122. The van der Waals surface area contributed by atoms with Gasteiger partial charge in [-0.15, -0.1) is 5.10 Å². The van der Waals surface area contributed by atoms with E-state index in [0.29, 0.717) is 18.2 Å². The van der Waals surface area contributed by atoms with Gasteiger partial charge in [0.05, 0.1) is 13.7 Å². The summed E-state index contributed by atoms with van der Waals surface area (Å²) in [6.07, 6.45) is 4.78. The number of nitrogens with one attached hydrogen (secondary N) is 2. The second-order valence-corrected chi connectivity index (χ2v) is 6.00. The Bertz CT molecular complexity index is 696. The van der Waals surface area contributed by atoms with Crippen LogP contribution >= 0.6 is 0 Å². The summed E-state index contributed by atoms with van der Waals surface area (Å²) in [7, 11) is 1.54. The fourth-order valence-electron chi connectivity index (χ4n) is 2.98. The monoisotopic (exact) mass is 347 g/mol. The molecule has 2 amide bonds. The Balaban J connectivity index is 1.53. The summed E-state index contributed by atoms with van der Waals surface area (Å²) in [6.45, 7) is 7.05. The van der Waals surface area contributed by atoms with E-state index in [1.54, 1.807) is 6.07 Å². The van der Waals surface area contributed by atoms with Crippen LogP contribution in [-0.4, -0.2) is 68.9 Å². The number of ether oxygens (including phenoxy) is 1. The molecule has 0 aliphatic carbocycles. The van der Waals surface area contributed by atoms with E-state index in [-0.39, 0.29) is 6.03 Å². The third-order valence-corrected chi connectivity index (χ3v) is 4.39. The second-order valence-electron chi connectivity index (χ2n) is 6.00. The Labute approximate surface area is 147 Å². The van der Waals surface area contributed by atoms with Crippen LogP contribution in [0.4, 0.5) is 10.6 Å². The first-order valence-electron chi connectivity index (χ1n) is 8.57. The van der Waals surface area contributed by atoms with E-state index in [9.17, 15) is 4.79 Å². The van der Waals surface area contributed by atoms with Gasteiger partial charge in [0, 0.05) is 51.2 Å². The average Bonchev–Trinajstić information content (AvgIpc) is 3.19. The van der Waals surface area contributed by atoms with Gasteiger partial charge in [0.1, 0.15) is 11.6 Å². The largest absolute Gasteiger partial charge is 0.480 e. The van der Waals surface area contributed by atoms with Gasteiger partial charge in [0.25, 0.3) is 0 Å². The number of urea groups is 1. The summed E-state index contributed by atoms with van der Waals surface area (Å²) in [6, 6.07) is 1.54. The predicted molar refractivity (Wildman–Crippen MR) is 93.5 cm³/mol. The molecule has 1 fully saturated rings. The topological polar surface area (TPSA) is 91.3 Å². The smallest absolute Gasteiger partial charge is 0.323 e. The third-order valence-electron chi connectivity index (χ3n) is 4.39. The summed E-state index contributed by atoms with van der Waals surface area (Å²) >= 11 is 0. The zero-order valence-corrected chi connectivity index (χ0v) is 14.7. The summed E-state index contributed by atoms with van der Waals surface area (Å²) in [5, 5.41) is 9.49. The Morgan fingerprint density at radius 1 is 1.36 bits per heavy atom. The summed E-state index contributed by atoms with van der Waals surface area (Å²) in [5.41, 5.74) is 0. The van der Waals surface area contributed by atoms with Gasteiger partial charge in [-0.2, -0.15) is 0 Å². The molecule has 25 heavy (non-hydrogen) atoms. The summed E-state index contributed by atoms with van der Waals surface area (Å²) in [4.78, 5) is 21.1. The van der Waals surface area contributed by atoms with Crippen LogP contribution in [-0.2, 0) is 13.1 Å². The number of hydrogen-bond donors (Lipinski definition) is 2. The number of aryl methyl sites for hydroxylation is 1. The van der Waals surface area contributed by atoms with E-state index in [2.05, 4.69) is 36.9 Å². The van der Waals surface area contributed by atoms with Crippen LogP contribution < -0.4 is 10.1 Å². The molecule has 3 heterocycles. The molecule has 0 radical (unpaired) electrons. The van der Waals surface area contributed by atoms with E-state index < -0.39 is 0 Å². The molecule has 1 saturated heterocycles. The van der Waals surface area contributed by atoms with Crippen LogP contribution in [0.3, 0.4) is 0 Å². The fourth-order valence-corrected chi connectivity index (χ4v) is 2.98. The Kier molecular flexibility index (Phi) is 5.54. The molecule has 1 aliphatic heterocycles. The van der Waals surface area contributed by atoms with Crippen molar-refractivity contribution in [3.63, 3.8) is 0 Å². The molecule has 0 bridgehead atoms. The van der Waals surface area contributed by atoms with Crippen molar-refractivity contribution in [1.82, 2.24) is 29.5 Å². The third kappa shape index (κ3) is 4.30. The van der Waals surface area contributed by atoms with Crippen molar-refractivity contribution in [3.8, 4) is 5.88 Å². The number of carbonyl (C=O) groups excluding carboxylic acids is 1.